The monoisotopic (exact) mass is 276 g/mol. The summed E-state index contributed by atoms with van der Waals surface area (Å²) >= 11 is 0. The molecule has 0 bridgehead atoms. The second-order valence-corrected chi connectivity index (χ2v) is 6.42. The quantitative estimate of drug-likeness (QED) is 0.788. The molecular formula is C16H24N2O2. The van der Waals surface area contributed by atoms with Gasteiger partial charge >= 0.3 is 6.09 Å². The number of hydrogen-bond donors (Lipinski definition) is 0. The van der Waals surface area contributed by atoms with Crippen molar-refractivity contribution in [2.45, 2.75) is 66.7 Å². The highest BCUT2D eigenvalue weighted by Gasteiger charge is 2.30. The summed E-state index contributed by atoms with van der Waals surface area (Å²) in [6.45, 7) is 13.1. The van der Waals surface area contributed by atoms with Crippen LogP contribution < -0.4 is 0 Å². The molecule has 20 heavy (non-hydrogen) atoms. The second kappa shape index (κ2) is 5.08. The van der Waals surface area contributed by atoms with Crippen LogP contribution in [-0.2, 0) is 24.2 Å². The van der Waals surface area contributed by atoms with Crippen molar-refractivity contribution in [1.29, 1.82) is 0 Å². The van der Waals surface area contributed by atoms with Crippen molar-refractivity contribution in [2.24, 2.45) is 0 Å². The van der Waals surface area contributed by atoms with E-state index in [9.17, 15) is 4.79 Å². The molecule has 2 rings (SSSR count). The summed E-state index contributed by atoms with van der Waals surface area (Å²) in [7, 11) is 0. The van der Waals surface area contributed by atoms with Gasteiger partial charge in [0.25, 0.3) is 0 Å². The molecule has 0 atom stereocenters. The first kappa shape index (κ1) is 14.8. The summed E-state index contributed by atoms with van der Waals surface area (Å²) in [6, 6.07) is 0. The van der Waals surface area contributed by atoms with Gasteiger partial charge in [-0.2, -0.15) is 0 Å². The molecule has 1 aromatic rings. The number of hydrogen-bond acceptors (Lipinski definition) is 3. The van der Waals surface area contributed by atoms with E-state index in [0.717, 1.165) is 17.8 Å². The molecule has 1 aliphatic heterocycles. The van der Waals surface area contributed by atoms with Gasteiger partial charge in [0, 0.05) is 11.4 Å². The van der Waals surface area contributed by atoms with Crippen LogP contribution in [0, 0.1) is 13.8 Å². The minimum Gasteiger partial charge on any atom is -0.444 e. The summed E-state index contributed by atoms with van der Waals surface area (Å²) in [5.41, 5.74) is 5.37. The highest BCUT2D eigenvalue weighted by atomic mass is 16.6. The van der Waals surface area contributed by atoms with Gasteiger partial charge in [-0.3, -0.25) is 9.88 Å². The number of rotatable bonds is 1. The summed E-state index contributed by atoms with van der Waals surface area (Å²) < 4.78 is 5.46. The Bertz CT molecular complexity index is 544. The Hall–Kier alpha value is -1.58. The van der Waals surface area contributed by atoms with Crippen LogP contribution in [0.5, 0.6) is 0 Å². The van der Waals surface area contributed by atoms with Gasteiger partial charge in [-0.05, 0) is 57.7 Å². The Balaban J connectivity index is 2.27. The van der Waals surface area contributed by atoms with Gasteiger partial charge in [0.1, 0.15) is 5.60 Å². The average Bonchev–Trinajstić information content (AvgIpc) is 2.77. The zero-order chi connectivity index (χ0) is 15.1. The zero-order valence-corrected chi connectivity index (χ0v) is 13.3. The number of carbonyl (C=O) groups is 1. The third kappa shape index (κ3) is 2.79. The number of pyridine rings is 1. The maximum atomic E-state index is 12.2. The molecule has 2 heterocycles. The molecule has 0 unspecified atom stereocenters. The molecular weight excluding hydrogens is 252 g/mol. The van der Waals surface area contributed by atoms with Crippen LogP contribution in [0.4, 0.5) is 4.79 Å². The van der Waals surface area contributed by atoms with Crippen molar-refractivity contribution < 1.29 is 9.53 Å². The van der Waals surface area contributed by atoms with Crippen molar-refractivity contribution in [2.75, 3.05) is 0 Å². The third-order valence-electron chi connectivity index (χ3n) is 3.70. The maximum absolute atomic E-state index is 12.2. The lowest BCUT2D eigenvalue weighted by Crippen LogP contribution is -2.33. The molecule has 1 amide bonds. The van der Waals surface area contributed by atoms with Gasteiger partial charge in [0.2, 0.25) is 0 Å². The first-order chi connectivity index (χ1) is 9.23. The molecule has 1 aliphatic rings. The van der Waals surface area contributed by atoms with E-state index in [1.54, 1.807) is 4.90 Å². The number of fused-ring (bicyclic) bond motifs is 1. The third-order valence-corrected chi connectivity index (χ3v) is 3.70. The minimum atomic E-state index is -0.456. The van der Waals surface area contributed by atoms with Gasteiger partial charge in [-0.15, -0.1) is 0 Å². The Labute approximate surface area is 121 Å². The van der Waals surface area contributed by atoms with Crippen LogP contribution >= 0.6 is 0 Å². The van der Waals surface area contributed by atoms with Crippen molar-refractivity contribution in [3.8, 4) is 0 Å². The fourth-order valence-electron chi connectivity index (χ4n) is 2.56. The van der Waals surface area contributed by atoms with E-state index in [-0.39, 0.29) is 6.09 Å². The molecule has 110 valence electrons. The van der Waals surface area contributed by atoms with E-state index in [2.05, 4.69) is 18.8 Å². The van der Waals surface area contributed by atoms with Crippen LogP contribution in [0.3, 0.4) is 0 Å². The van der Waals surface area contributed by atoms with Gasteiger partial charge in [-0.25, -0.2) is 4.79 Å². The molecule has 0 aliphatic carbocycles. The Morgan fingerprint density at radius 3 is 2.40 bits per heavy atom. The molecule has 0 aromatic carbocycles. The molecule has 0 fully saturated rings. The van der Waals surface area contributed by atoms with Crippen molar-refractivity contribution >= 4 is 6.09 Å². The van der Waals surface area contributed by atoms with Crippen LogP contribution in [0.25, 0.3) is 0 Å². The van der Waals surface area contributed by atoms with Crippen LogP contribution in [0.1, 0.15) is 55.8 Å². The van der Waals surface area contributed by atoms with E-state index in [4.69, 9.17) is 4.74 Å². The molecule has 0 spiro atoms. The lowest BCUT2D eigenvalue weighted by molar-refractivity contribution is 0.0241. The predicted octanol–water partition coefficient (Wildman–Crippen LogP) is 3.51. The SMILES string of the molecule is CCc1nc(C)c(C)c2c1CN(C(=O)OC(C)(C)C)C2. The van der Waals surface area contributed by atoms with Crippen molar-refractivity contribution in [3.63, 3.8) is 0 Å². The fourth-order valence-corrected chi connectivity index (χ4v) is 2.56. The summed E-state index contributed by atoms with van der Waals surface area (Å²) in [5, 5.41) is 0. The minimum absolute atomic E-state index is 0.243. The summed E-state index contributed by atoms with van der Waals surface area (Å²) in [6.07, 6.45) is 0.652. The molecule has 0 saturated heterocycles. The summed E-state index contributed by atoms with van der Waals surface area (Å²) in [5.74, 6) is 0. The van der Waals surface area contributed by atoms with Gasteiger partial charge in [0.15, 0.2) is 0 Å². The van der Waals surface area contributed by atoms with E-state index < -0.39 is 5.60 Å². The number of carbonyl (C=O) groups excluding carboxylic acids is 1. The highest BCUT2D eigenvalue weighted by molar-refractivity contribution is 5.69. The van der Waals surface area contributed by atoms with Crippen LogP contribution in [0.2, 0.25) is 0 Å². The Kier molecular flexibility index (Phi) is 3.76. The number of aryl methyl sites for hydroxylation is 2. The normalized spacial score (nSPS) is 14.4. The van der Waals surface area contributed by atoms with Gasteiger partial charge in [-0.1, -0.05) is 6.92 Å². The van der Waals surface area contributed by atoms with E-state index in [0.29, 0.717) is 13.1 Å². The van der Waals surface area contributed by atoms with Gasteiger partial charge in [0.05, 0.1) is 13.1 Å². The summed E-state index contributed by atoms with van der Waals surface area (Å²) in [4.78, 5) is 18.6. The Morgan fingerprint density at radius 1 is 1.25 bits per heavy atom. The fraction of sp³-hybridized carbons (Fsp3) is 0.625. The molecule has 0 saturated carbocycles. The molecule has 0 N–H and O–H groups in total. The Morgan fingerprint density at radius 2 is 1.85 bits per heavy atom. The lowest BCUT2D eigenvalue weighted by atomic mass is 10.0. The number of ether oxygens (including phenoxy) is 1. The molecule has 0 radical (unpaired) electrons. The second-order valence-electron chi connectivity index (χ2n) is 6.42. The predicted molar refractivity (Wildman–Crippen MR) is 78.6 cm³/mol. The van der Waals surface area contributed by atoms with E-state index in [1.165, 1.54) is 16.7 Å². The molecule has 1 aromatic heterocycles. The number of nitrogens with zero attached hydrogens (tertiary/aromatic N) is 2. The van der Waals surface area contributed by atoms with E-state index in [1.807, 2.05) is 27.7 Å². The first-order valence-corrected chi connectivity index (χ1v) is 7.18. The van der Waals surface area contributed by atoms with Gasteiger partial charge < -0.3 is 4.74 Å². The average molecular weight is 276 g/mol. The zero-order valence-electron chi connectivity index (χ0n) is 13.3. The van der Waals surface area contributed by atoms with Crippen LogP contribution in [0.15, 0.2) is 0 Å². The largest absolute Gasteiger partial charge is 0.444 e. The number of amides is 1. The van der Waals surface area contributed by atoms with E-state index >= 15 is 0 Å². The first-order valence-electron chi connectivity index (χ1n) is 7.18. The maximum Gasteiger partial charge on any atom is 0.410 e. The van der Waals surface area contributed by atoms with Crippen LogP contribution in [-0.4, -0.2) is 21.6 Å². The molecule has 4 nitrogen and oxygen atoms in total. The molecule has 4 heteroatoms. The topological polar surface area (TPSA) is 42.4 Å². The standard InChI is InChI=1S/C16H24N2O2/c1-7-14-13-9-18(15(19)20-16(4,5)6)8-12(13)10(2)11(3)17-14/h7-9H2,1-6H3. The van der Waals surface area contributed by atoms with Crippen molar-refractivity contribution in [3.05, 3.63) is 28.1 Å². The highest BCUT2D eigenvalue weighted by Crippen LogP contribution is 2.30. The smallest absolute Gasteiger partial charge is 0.410 e. The lowest BCUT2D eigenvalue weighted by Gasteiger charge is -2.24. The van der Waals surface area contributed by atoms with Crippen molar-refractivity contribution in [1.82, 2.24) is 9.88 Å². The number of aromatic nitrogens is 1.